The number of benzene rings is 2. The zero-order valence-corrected chi connectivity index (χ0v) is 32.0. The lowest BCUT2D eigenvalue weighted by Gasteiger charge is -2.51. The van der Waals surface area contributed by atoms with Crippen molar-refractivity contribution in [1.29, 1.82) is 0 Å². The van der Waals surface area contributed by atoms with Crippen LogP contribution in [0.15, 0.2) is 48.5 Å². The maximum atomic E-state index is 13.8. The SMILES string of the molecule is CC(=O)NCCCCCC(=O)NCc1ccc(C2OC(CN3C(C(=O)NC(C)(C)C)CCC4CCCCC43)C(C)C(c3ccc(CO)cc3)O2)cc1. The summed E-state index contributed by atoms with van der Waals surface area (Å²) in [4.78, 5) is 39.8. The molecule has 0 bridgehead atoms. The third-order valence-corrected chi connectivity index (χ3v) is 11.0. The van der Waals surface area contributed by atoms with Crippen molar-refractivity contribution >= 4 is 17.7 Å². The molecule has 10 heteroatoms. The van der Waals surface area contributed by atoms with Crippen LogP contribution in [-0.4, -0.2) is 64.5 Å². The standard InChI is InChI=1S/C42H62N4O6/c1-28-37(26-46-35-12-9-8-11-32(35)22-23-36(46)40(50)45-42(3,4)5)51-41(52-39(28)33-18-16-31(27-47)17-19-33)34-20-14-30(15-21-34)25-44-38(49)13-7-6-10-24-43-29(2)48/h14-21,28,32,35-37,39,41,47H,6-13,22-27H2,1-5H3,(H,43,48)(H,44,49)(H,45,50). The van der Waals surface area contributed by atoms with Crippen molar-refractivity contribution in [2.24, 2.45) is 11.8 Å². The minimum Gasteiger partial charge on any atom is -0.392 e. The number of hydrogen-bond acceptors (Lipinski definition) is 7. The summed E-state index contributed by atoms with van der Waals surface area (Å²) in [6, 6.07) is 16.2. The van der Waals surface area contributed by atoms with Crippen LogP contribution in [0.3, 0.4) is 0 Å². The second kappa shape index (κ2) is 18.6. The fourth-order valence-corrected chi connectivity index (χ4v) is 8.20. The normalized spacial score (nSPS) is 26.6. The molecule has 1 saturated carbocycles. The first-order chi connectivity index (χ1) is 24.9. The van der Waals surface area contributed by atoms with E-state index < -0.39 is 6.29 Å². The van der Waals surface area contributed by atoms with E-state index in [2.05, 4.69) is 27.8 Å². The number of nitrogens with zero attached hydrogens (tertiary/aromatic N) is 1. The summed E-state index contributed by atoms with van der Waals surface area (Å²) in [5.74, 6) is 0.698. The lowest BCUT2D eigenvalue weighted by atomic mass is 9.75. The van der Waals surface area contributed by atoms with E-state index in [9.17, 15) is 19.5 Å². The lowest BCUT2D eigenvalue weighted by Crippen LogP contribution is -2.61. The Kier molecular flexibility index (Phi) is 14.3. The largest absolute Gasteiger partial charge is 0.392 e. The van der Waals surface area contributed by atoms with Crippen molar-refractivity contribution < 1.29 is 29.0 Å². The molecule has 3 amide bonds. The first kappa shape index (κ1) is 39.9. The van der Waals surface area contributed by atoms with Gasteiger partial charge in [-0.25, -0.2) is 0 Å². The van der Waals surface area contributed by atoms with Crippen molar-refractivity contribution in [1.82, 2.24) is 20.9 Å². The zero-order chi connectivity index (χ0) is 37.3. The molecule has 2 aromatic carbocycles. The molecular formula is C42H62N4O6. The molecule has 52 heavy (non-hydrogen) atoms. The van der Waals surface area contributed by atoms with Crippen LogP contribution in [0.2, 0.25) is 0 Å². The molecule has 3 fully saturated rings. The number of likely N-dealkylation sites (tertiary alicyclic amines) is 1. The van der Waals surface area contributed by atoms with E-state index in [1.165, 1.54) is 26.2 Å². The Morgan fingerprint density at radius 2 is 1.54 bits per heavy atom. The number of carbonyl (C=O) groups is 3. The van der Waals surface area contributed by atoms with E-state index in [-0.39, 0.29) is 54.0 Å². The molecule has 286 valence electrons. The van der Waals surface area contributed by atoms with Gasteiger partial charge < -0.3 is 30.5 Å². The van der Waals surface area contributed by atoms with Crippen LogP contribution in [-0.2, 0) is 37.0 Å². The molecule has 0 aromatic heterocycles. The van der Waals surface area contributed by atoms with Crippen molar-refractivity contribution in [3.05, 3.63) is 70.8 Å². The van der Waals surface area contributed by atoms with Gasteiger partial charge in [-0.1, -0.05) is 74.7 Å². The van der Waals surface area contributed by atoms with Crippen molar-refractivity contribution in [2.75, 3.05) is 13.1 Å². The second-order valence-electron chi connectivity index (χ2n) is 16.3. The molecule has 4 N–H and O–H groups in total. The molecule has 0 radical (unpaired) electrons. The van der Waals surface area contributed by atoms with Crippen molar-refractivity contribution in [3.63, 3.8) is 0 Å². The molecular weight excluding hydrogens is 656 g/mol. The maximum absolute atomic E-state index is 13.8. The fourth-order valence-electron chi connectivity index (χ4n) is 8.20. The number of ether oxygens (including phenoxy) is 2. The second-order valence-corrected chi connectivity index (χ2v) is 16.3. The summed E-state index contributed by atoms with van der Waals surface area (Å²) < 4.78 is 13.6. The number of carbonyl (C=O) groups excluding carboxylic acids is 3. The number of amides is 3. The number of rotatable bonds is 14. The molecule has 10 nitrogen and oxygen atoms in total. The molecule has 5 rings (SSSR count). The molecule has 2 heterocycles. The minimum atomic E-state index is -0.612. The quantitative estimate of drug-likeness (QED) is 0.171. The number of aliphatic hydroxyl groups is 1. The molecule has 3 aliphatic rings. The van der Waals surface area contributed by atoms with E-state index in [0.717, 1.165) is 60.8 Å². The van der Waals surface area contributed by atoms with E-state index in [0.29, 0.717) is 38.0 Å². The minimum absolute atomic E-state index is 0.00593. The lowest BCUT2D eigenvalue weighted by molar-refractivity contribution is -0.278. The van der Waals surface area contributed by atoms with E-state index in [1.807, 2.05) is 69.3 Å². The Bertz CT molecular complexity index is 1460. The predicted molar refractivity (Wildman–Crippen MR) is 202 cm³/mol. The monoisotopic (exact) mass is 718 g/mol. The maximum Gasteiger partial charge on any atom is 0.237 e. The van der Waals surface area contributed by atoms with Gasteiger partial charge in [0.15, 0.2) is 6.29 Å². The molecule has 1 aliphatic carbocycles. The van der Waals surface area contributed by atoms with E-state index in [4.69, 9.17) is 9.47 Å². The Labute approximate surface area is 310 Å². The van der Waals surface area contributed by atoms with Crippen LogP contribution in [0.1, 0.15) is 133 Å². The molecule has 2 aromatic rings. The highest BCUT2D eigenvalue weighted by Gasteiger charge is 2.46. The first-order valence-electron chi connectivity index (χ1n) is 19.6. The number of fused-ring (bicyclic) bond motifs is 1. The van der Waals surface area contributed by atoms with Gasteiger partial charge in [-0.15, -0.1) is 0 Å². The summed E-state index contributed by atoms with van der Waals surface area (Å²) in [7, 11) is 0. The number of nitrogens with one attached hydrogen (secondary N) is 3. The van der Waals surface area contributed by atoms with Gasteiger partial charge in [0.25, 0.3) is 0 Å². The molecule has 2 saturated heterocycles. The van der Waals surface area contributed by atoms with Crippen molar-refractivity contribution in [2.45, 2.75) is 148 Å². The average Bonchev–Trinajstić information content (AvgIpc) is 3.12. The summed E-state index contributed by atoms with van der Waals surface area (Å²) in [6.45, 7) is 11.5. The topological polar surface area (TPSA) is 129 Å². The number of hydrogen-bond donors (Lipinski definition) is 4. The molecule has 2 aliphatic heterocycles. The third-order valence-electron chi connectivity index (χ3n) is 11.0. The molecule has 0 spiro atoms. The van der Waals surface area contributed by atoms with Crippen molar-refractivity contribution in [3.8, 4) is 0 Å². The van der Waals surface area contributed by atoms with E-state index in [1.54, 1.807) is 0 Å². The smallest absolute Gasteiger partial charge is 0.237 e. The number of unbranched alkanes of at least 4 members (excludes halogenated alkanes) is 2. The average molecular weight is 719 g/mol. The van der Waals surface area contributed by atoms with Crippen LogP contribution in [0.25, 0.3) is 0 Å². The van der Waals surface area contributed by atoms with Gasteiger partial charge in [0.05, 0.1) is 24.9 Å². The van der Waals surface area contributed by atoms with Gasteiger partial charge in [0.2, 0.25) is 17.7 Å². The number of piperidine rings is 1. The third kappa shape index (κ3) is 11.1. The van der Waals surface area contributed by atoms with Crippen LogP contribution in [0.4, 0.5) is 0 Å². The molecule has 7 atom stereocenters. The highest BCUT2D eigenvalue weighted by molar-refractivity contribution is 5.82. The zero-order valence-electron chi connectivity index (χ0n) is 32.0. The fraction of sp³-hybridized carbons (Fsp3) is 0.643. The first-order valence-corrected chi connectivity index (χ1v) is 19.6. The Morgan fingerprint density at radius 1 is 0.846 bits per heavy atom. The predicted octanol–water partition coefficient (Wildman–Crippen LogP) is 6.22. The Hall–Kier alpha value is -3.31. The summed E-state index contributed by atoms with van der Waals surface area (Å²) in [5.41, 5.74) is 3.47. The summed E-state index contributed by atoms with van der Waals surface area (Å²) >= 11 is 0. The van der Waals surface area contributed by atoms with Gasteiger partial charge in [0, 0.05) is 56.0 Å². The highest BCUT2D eigenvalue weighted by atomic mass is 16.7. The summed E-state index contributed by atoms with van der Waals surface area (Å²) in [6.07, 6.45) is 8.64. The van der Waals surface area contributed by atoms with Crippen LogP contribution in [0.5, 0.6) is 0 Å². The van der Waals surface area contributed by atoms with Gasteiger partial charge >= 0.3 is 0 Å². The number of aliphatic hydroxyl groups excluding tert-OH is 1. The highest BCUT2D eigenvalue weighted by Crippen LogP contribution is 2.44. The molecule has 7 unspecified atom stereocenters. The van der Waals surface area contributed by atoms with Gasteiger partial charge in [-0.05, 0) is 81.9 Å². The Balaban J connectivity index is 1.30. The van der Waals surface area contributed by atoms with Crippen LogP contribution in [0, 0.1) is 11.8 Å². The summed E-state index contributed by atoms with van der Waals surface area (Å²) in [5, 5.41) is 18.8. The van der Waals surface area contributed by atoms with Gasteiger partial charge in [-0.2, -0.15) is 0 Å². The van der Waals surface area contributed by atoms with Gasteiger partial charge in [-0.3, -0.25) is 19.3 Å². The van der Waals surface area contributed by atoms with Crippen LogP contribution < -0.4 is 16.0 Å². The van der Waals surface area contributed by atoms with Crippen LogP contribution >= 0.6 is 0 Å². The van der Waals surface area contributed by atoms with Gasteiger partial charge in [0.1, 0.15) is 0 Å². The Morgan fingerprint density at radius 3 is 2.23 bits per heavy atom. The van der Waals surface area contributed by atoms with E-state index >= 15 is 0 Å².